The Balaban J connectivity index is -0.000000158. The molecule has 0 aliphatic carbocycles. The summed E-state index contributed by atoms with van der Waals surface area (Å²) < 4.78 is 31.6. The van der Waals surface area contributed by atoms with Gasteiger partial charge in [-0.1, -0.05) is 0 Å². The van der Waals surface area contributed by atoms with Crippen molar-refractivity contribution < 1.29 is 81.9 Å². The summed E-state index contributed by atoms with van der Waals surface area (Å²) in [5.41, 5.74) is -2.97. The number of hydrogen-bond donors (Lipinski definition) is 3. The second kappa shape index (κ2) is 12.1. The molecule has 0 atom stereocenters. The van der Waals surface area contributed by atoms with E-state index in [0.29, 0.717) is 0 Å². The summed E-state index contributed by atoms with van der Waals surface area (Å²) in [4.78, 5) is 30.0. The third kappa shape index (κ3) is 20.8. The van der Waals surface area contributed by atoms with Gasteiger partial charge in [0.25, 0.3) is 0 Å². The van der Waals surface area contributed by atoms with E-state index in [1.165, 1.54) is 0 Å². The molecular weight excluding hydrogens is 343 g/mol. The summed E-state index contributed by atoms with van der Waals surface area (Å²) in [6.45, 7) is 0. The largest absolute Gasteiger partial charge is 2.00 e. The monoisotopic (exact) mass is 350 g/mol. The van der Waals surface area contributed by atoms with Crippen molar-refractivity contribution in [2.45, 2.75) is 18.4 Å². The number of carbonyl (C=O) groups excluding carboxylic acids is 3. The molecule has 0 aromatic carbocycles. The Morgan fingerprint density at radius 3 is 1.25 bits per heavy atom. The average molecular weight is 350 g/mol. The zero-order valence-electron chi connectivity index (χ0n) is 10.1. The third-order valence-corrected chi connectivity index (χ3v) is 1.25. The van der Waals surface area contributed by atoms with Crippen LogP contribution in [0.1, 0.15) is 12.8 Å². The van der Waals surface area contributed by atoms with Crippen molar-refractivity contribution in [3.8, 4) is 0 Å². The van der Waals surface area contributed by atoms with E-state index in [9.17, 15) is 29.7 Å². The third-order valence-electron chi connectivity index (χ3n) is 1.25. The minimum Gasteiger partial charge on any atom is -0.550 e. The minimum atomic E-state index is -4.67. The first-order valence-electron chi connectivity index (χ1n) is 3.81. The van der Waals surface area contributed by atoms with Crippen LogP contribution in [0.25, 0.3) is 0 Å². The molecule has 0 saturated heterocycles. The molecule has 0 amide bonds. The Labute approximate surface area is 164 Å². The summed E-state index contributed by atoms with van der Waals surface area (Å²) in [5.74, 6) is -5.98. The van der Waals surface area contributed by atoms with E-state index >= 15 is 0 Å². The molecule has 14 heteroatoms. The fourth-order valence-corrected chi connectivity index (χ4v) is 0.684. The number of carbonyl (C=O) groups is 3. The summed E-state index contributed by atoms with van der Waals surface area (Å²) in [6, 6.07) is 0. The van der Waals surface area contributed by atoms with Gasteiger partial charge in [-0.2, -0.15) is 8.42 Å². The van der Waals surface area contributed by atoms with Gasteiger partial charge >= 0.3 is 77.7 Å². The molecule has 0 heterocycles. The van der Waals surface area contributed by atoms with Gasteiger partial charge in [-0.3, -0.25) is 9.11 Å². The number of carboxylic acids is 3. The van der Waals surface area contributed by atoms with E-state index in [4.69, 9.17) is 22.6 Å². The molecule has 0 unspecified atom stereocenters. The maximum Gasteiger partial charge on any atom is 2.00 e. The molecule has 106 valence electrons. The van der Waals surface area contributed by atoms with E-state index < -0.39 is 46.7 Å². The van der Waals surface area contributed by atoms with E-state index in [2.05, 4.69) is 0 Å². The maximum absolute atomic E-state index is 10.1. The van der Waals surface area contributed by atoms with Gasteiger partial charge in [0.2, 0.25) is 0 Å². The molecule has 0 radical (unpaired) electrons. The SMILES string of the molecule is O=C([O-])CC(O)(CC(=O)[O-])C(=O)[O-].O=S(=O)(O)O.[Ca+2].[Na+]. The van der Waals surface area contributed by atoms with Crippen LogP contribution in [-0.4, -0.2) is 83.9 Å². The predicted molar refractivity (Wildman–Crippen MR) is 49.1 cm³/mol. The van der Waals surface area contributed by atoms with Crippen LogP contribution in [0.5, 0.6) is 0 Å². The number of hydrogen-bond acceptors (Lipinski definition) is 9. The fraction of sp³-hybridized carbons (Fsp3) is 0.500. The standard InChI is InChI=1S/C6H8O7.Ca.Na.H2O4S/c7-3(8)1-6(13,5(11)12)2-4(9)10;;;1-5(2,3)4/h13H,1-2H2,(H,7,8)(H,9,10)(H,11,12);;;(H2,1,2,3,4)/q;+2;+1;/p-3. The number of rotatable bonds is 5. The van der Waals surface area contributed by atoms with Gasteiger partial charge in [0.1, 0.15) is 5.60 Å². The normalized spacial score (nSPS) is 9.95. The molecule has 0 fully saturated rings. The first kappa shape index (κ1) is 28.6. The molecule has 0 aromatic rings. The average Bonchev–Trinajstić information content (AvgIpc) is 1.95. The van der Waals surface area contributed by atoms with Gasteiger partial charge in [0.15, 0.2) is 0 Å². The molecule has 0 spiro atoms. The molecule has 0 bridgehead atoms. The molecule has 20 heavy (non-hydrogen) atoms. The van der Waals surface area contributed by atoms with E-state index in [-0.39, 0.29) is 67.3 Å². The molecule has 3 N–H and O–H groups in total. The Kier molecular flexibility index (Phi) is 17.3. The summed E-state index contributed by atoms with van der Waals surface area (Å²) >= 11 is 0. The van der Waals surface area contributed by atoms with Crippen LogP contribution >= 0.6 is 0 Å². The van der Waals surface area contributed by atoms with Crippen molar-refractivity contribution in [1.82, 2.24) is 0 Å². The van der Waals surface area contributed by atoms with Crippen LogP contribution in [0.15, 0.2) is 0 Å². The van der Waals surface area contributed by atoms with Gasteiger partial charge in [-0.05, 0) is 0 Å². The summed E-state index contributed by atoms with van der Waals surface area (Å²) in [5, 5.41) is 38.9. The predicted octanol–water partition coefficient (Wildman–Crippen LogP) is -9.28. The molecular formula is C6H7CaNaO11S. The molecule has 0 aliphatic heterocycles. The summed E-state index contributed by atoms with van der Waals surface area (Å²) in [7, 11) is -4.67. The Hall–Kier alpha value is 0.500. The quantitative estimate of drug-likeness (QED) is 0.312. The summed E-state index contributed by atoms with van der Waals surface area (Å²) in [6.07, 6.45) is -2.72. The molecule has 0 rings (SSSR count). The Morgan fingerprint density at radius 2 is 1.15 bits per heavy atom. The Morgan fingerprint density at radius 1 is 0.950 bits per heavy atom. The fourth-order valence-electron chi connectivity index (χ4n) is 0.684. The molecule has 0 aliphatic rings. The van der Waals surface area contributed by atoms with Crippen LogP contribution in [0, 0.1) is 0 Å². The van der Waals surface area contributed by atoms with E-state index in [1.54, 1.807) is 0 Å². The number of carboxylic acid groups (broad SMARTS) is 3. The van der Waals surface area contributed by atoms with Gasteiger partial charge in [0.05, 0.1) is 5.97 Å². The van der Waals surface area contributed by atoms with Crippen LogP contribution in [-0.2, 0) is 24.8 Å². The number of aliphatic carboxylic acids is 3. The first-order chi connectivity index (χ1) is 7.78. The topological polar surface area (TPSA) is 215 Å². The van der Waals surface area contributed by atoms with Gasteiger partial charge in [0, 0.05) is 24.8 Å². The van der Waals surface area contributed by atoms with Crippen molar-refractivity contribution in [3.05, 3.63) is 0 Å². The van der Waals surface area contributed by atoms with Gasteiger partial charge in [-0.15, -0.1) is 0 Å². The smallest absolute Gasteiger partial charge is 0.550 e. The van der Waals surface area contributed by atoms with Crippen molar-refractivity contribution >= 4 is 66.0 Å². The zero-order chi connectivity index (χ0) is 15.1. The molecule has 11 nitrogen and oxygen atoms in total. The van der Waals surface area contributed by atoms with Crippen molar-refractivity contribution in [2.75, 3.05) is 0 Å². The second-order valence-electron chi connectivity index (χ2n) is 2.86. The van der Waals surface area contributed by atoms with Crippen LogP contribution in [0.3, 0.4) is 0 Å². The zero-order valence-corrected chi connectivity index (χ0v) is 15.2. The van der Waals surface area contributed by atoms with E-state index in [1.807, 2.05) is 0 Å². The minimum absolute atomic E-state index is 0. The number of aliphatic hydroxyl groups is 1. The van der Waals surface area contributed by atoms with Crippen LogP contribution < -0.4 is 44.9 Å². The molecule has 0 aromatic heterocycles. The van der Waals surface area contributed by atoms with E-state index in [0.717, 1.165) is 0 Å². The van der Waals surface area contributed by atoms with Gasteiger partial charge < -0.3 is 34.8 Å². The van der Waals surface area contributed by atoms with Crippen LogP contribution in [0.4, 0.5) is 0 Å². The maximum atomic E-state index is 10.1. The van der Waals surface area contributed by atoms with Crippen molar-refractivity contribution in [1.29, 1.82) is 0 Å². The van der Waals surface area contributed by atoms with Gasteiger partial charge in [-0.25, -0.2) is 0 Å². The second-order valence-corrected chi connectivity index (χ2v) is 3.76. The first-order valence-corrected chi connectivity index (χ1v) is 5.21. The van der Waals surface area contributed by atoms with Crippen LogP contribution in [0.2, 0.25) is 0 Å². The molecule has 0 saturated carbocycles. The van der Waals surface area contributed by atoms with Crippen molar-refractivity contribution in [2.24, 2.45) is 0 Å². The Bertz CT molecular complexity index is 408. The van der Waals surface area contributed by atoms with Crippen molar-refractivity contribution in [3.63, 3.8) is 0 Å².